The zero-order chi connectivity index (χ0) is 24.1. The highest BCUT2D eigenvalue weighted by Gasteiger charge is 2.40. The second kappa shape index (κ2) is 10.6. The lowest BCUT2D eigenvalue weighted by molar-refractivity contribution is -0.117. The van der Waals surface area contributed by atoms with Gasteiger partial charge in [-0.05, 0) is 60.5 Å². The molecule has 0 aromatic heterocycles. The van der Waals surface area contributed by atoms with Crippen LogP contribution in [0.15, 0.2) is 93.9 Å². The third-order valence-electron chi connectivity index (χ3n) is 5.20. The van der Waals surface area contributed by atoms with Crippen molar-refractivity contribution in [1.82, 2.24) is 0 Å². The molecule has 0 bridgehead atoms. The first-order valence-electron chi connectivity index (χ1n) is 10.4. The second-order valence-corrected chi connectivity index (χ2v) is 9.53. The van der Waals surface area contributed by atoms with Crippen LogP contribution < -0.4 is 15.0 Å². The smallest absolute Gasteiger partial charge is 0.269 e. The van der Waals surface area contributed by atoms with Gasteiger partial charge in [-0.1, -0.05) is 58.0 Å². The van der Waals surface area contributed by atoms with Gasteiger partial charge >= 0.3 is 0 Å². The van der Waals surface area contributed by atoms with E-state index in [9.17, 15) is 14.9 Å². The van der Waals surface area contributed by atoms with E-state index in [1.165, 1.54) is 16.7 Å². The lowest BCUT2D eigenvalue weighted by atomic mass is 10.1. The van der Waals surface area contributed by atoms with Gasteiger partial charge in [-0.2, -0.15) is 5.26 Å². The first-order chi connectivity index (χ1) is 16.5. The Morgan fingerprint density at radius 1 is 1.09 bits per heavy atom. The number of hydrogen-bond acceptors (Lipinski definition) is 5. The number of para-hydroxylation sites is 1. The molecule has 4 rings (SSSR count). The third-order valence-corrected chi connectivity index (χ3v) is 6.99. The second-order valence-electron chi connectivity index (χ2n) is 7.42. The average Bonchev–Trinajstić information content (AvgIpc) is 3.17. The SMILES string of the molecule is COc1ccc(NC(=O)/C(C#N)=C2\SC(Cc3ccc(Br)cc3)C(=O)N2c2ccccc2)cc1. The molecule has 0 radical (unpaired) electrons. The Kier molecular flexibility index (Phi) is 7.36. The largest absolute Gasteiger partial charge is 0.497 e. The Hall–Kier alpha value is -3.54. The van der Waals surface area contributed by atoms with Crippen LogP contribution in [-0.4, -0.2) is 24.2 Å². The fourth-order valence-corrected chi connectivity index (χ4v) is 5.07. The maximum Gasteiger partial charge on any atom is 0.269 e. The zero-order valence-electron chi connectivity index (χ0n) is 18.2. The fraction of sp³-hybridized carbons (Fsp3) is 0.115. The average molecular weight is 534 g/mol. The van der Waals surface area contributed by atoms with Crippen LogP contribution in [0, 0.1) is 11.3 Å². The van der Waals surface area contributed by atoms with Gasteiger partial charge in [-0.25, -0.2) is 0 Å². The predicted molar refractivity (Wildman–Crippen MR) is 137 cm³/mol. The molecule has 1 aliphatic heterocycles. The topological polar surface area (TPSA) is 82.4 Å². The first-order valence-corrected chi connectivity index (χ1v) is 12.1. The van der Waals surface area contributed by atoms with Crippen LogP contribution in [0.3, 0.4) is 0 Å². The van der Waals surface area contributed by atoms with Crippen molar-refractivity contribution in [1.29, 1.82) is 5.26 Å². The fourth-order valence-electron chi connectivity index (χ4n) is 3.50. The van der Waals surface area contributed by atoms with Gasteiger partial charge in [0, 0.05) is 15.8 Å². The Morgan fingerprint density at radius 3 is 2.38 bits per heavy atom. The van der Waals surface area contributed by atoms with Gasteiger partial charge in [-0.3, -0.25) is 14.5 Å². The summed E-state index contributed by atoms with van der Waals surface area (Å²) < 4.78 is 6.10. The molecule has 1 fully saturated rings. The molecule has 34 heavy (non-hydrogen) atoms. The van der Waals surface area contributed by atoms with Gasteiger partial charge in [-0.15, -0.1) is 0 Å². The molecule has 3 aromatic rings. The molecule has 1 aliphatic rings. The molecule has 170 valence electrons. The van der Waals surface area contributed by atoms with Crippen LogP contribution in [0.25, 0.3) is 0 Å². The van der Waals surface area contributed by atoms with Crippen LogP contribution in [0.2, 0.25) is 0 Å². The van der Waals surface area contributed by atoms with E-state index in [1.807, 2.05) is 48.5 Å². The van der Waals surface area contributed by atoms with Crippen LogP contribution >= 0.6 is 27.7 Å². The summed E-state index contributed by atoms with van der Waals surface area (Å²) in [5.74, 6) is -0.0906. The number of nitrogens with zero attached hydrogens (tertiary/aromatic N) is 2. The summed E-state index contributed by atoms with van der Waals surface area (Å²) in [6.45, 7) is 0. The van der Waals surface area contributed by atoms with Crippen molar-refractivity contribution >= 4 is 50.9 Å². The molecule has 8 heteroatoms. The number of hydrogen-bond donors (Lipinski definition) is 1. The predicted octanol–water partition coefficient (Wildman–Crippen LogP) is 5.52. The van der Waals surface area contributed by atoms with Crippen molar-refractivity contribution in [3.63, 3.8) is 0 Å². The first kappa shape index (κ1) is 23.6. The highest BCUT2D eigenvalue weighted by Crippen LogP contribution is 2.42. The summed E-state index contributed by atoms with van der Waals surface area (Å²) in [6.07, 6.45) is 0.475. The quantitative estimate of drug-likeness (QED) is 0.333. The molecule has 1 heterocycles. The van der Waals surface area contributed by atoms with Gasteiger partial charge < -0.3 is 10.1 Å². The molecular formula is C26H20BrN3O3S. The van der Waals surface area contributed by atoms with Gasteiger partial charge in [0.15, 0.2) is 0 Å². The molecular weight excluding hydrogens is 514 g/mol. The number of thioether (sulfide) groups is 1. The van der Waals surface area contributed by atoms with Crippen LogP contribution in [0.4, 0.5) is 11.4 Å². The number of halogens is 1. The van der Waals surface area contributed by atoms with E-state index >= 15 is 0 Å². The molecule has 6 nitrogen and oxygen atoms in total. The van der Waals surface area contributed by atoms with E-state index in [1.54, 1.807) is 43.5 Å². The van der Waals surface area contributed by atoms with E-state index in [2.05, 4.69) is 21.2 Å². The van der Waals surface area contributed by atoms with Crippen LogP contribution in [0.5, 0.6) is 5.75 Å². The van der Waals surface area contributed by atoms with Crippen molar-refractivity contribution < 1.29 is 14.3 Å². The number of carbonyl (C=O) groups excluding carboxylic acids is 2. The number of anilines is 2. The Morgan fingerprint density at radius 2 is 1.76 bits per heavy atom. The minimum absolute atomic E-state index is 0.115. The summed E-state index contributed by atoms with van der Waals surface area (Å²) in [5, 5.41) is 12.5. The van der Waals surface area contributed by atoms with Crippen molar-refractivity contribution in [2.24, 2.45) is 0 Å². The van der Waals surface area contributed by atoms with Gasteiger partial charge in [0.2, 0.25) is 5.91 Å². The highest BCUT2D eigenvalue weighted by atomic mass is 79.9. The summed E-state index contributed by atoms with van der Waals surface area (Å²) >= 11 is 4.66. The van der Waals surface area contributed by atoms with Crippen molar-refractivity contribution in [3.8, 4) is 11.8 Å². The summed E-state index contributed by atoms with van der Waals surface area (Å²) in [4.78, 5) is 28.0. The van der Waals surface area contributed by atoms with E-state index in [0.29, 0.717) is 28.6 Å². The molecule has 1 saturated heterocycles. The molecule has 0 saturated carbocycles. The van der Waals surface area contributed by atoms with Crippen molar-refractivity contribution in [2.75, 3.05) is 17.3 Å². The van der Waals surface area contributed by atoms with Gasteiger partial charge in [0.05, 0.1) is 12.4 Å². The summed E-state index contributed by atoms with van der Waals surface area (Å²) in [7, 11) is 1.56. The highest BCUT2D eigenvalue weighted by molar-refractivity contribution is 9.10. The Labute approximate surface area is 210 Å². The maximum atomic E-state index is 13.5. The van der Waals surface area contributed by atoms with E-state index < -0.39 is 11.2 Å². The molecule has 0 aliphatic carbocycles. The molecule has 0 spiro atoms. The molecule has 1 atom stereocenters. The molecule has 1 unspecified atom stereocenters. The van der Waals surface area contributed by atoms with Crippen LogP contribution in [-0.2, 0) is 16.0 Å². The van der Waals surface area contributed by atoms with Gasteiger partial charge in [0.1, 0.15) is 22.4 Å². The molecule has 1 N–H and O–H groups in total. The number of benzene rings is 3. The van der Waals surface area contributed by atoms with E-state index in [4.69, 9.17) is 4.74 Å². The Bertz CT molecular complexity index is 1270. The lowest BCUT2D eigenvalue weighted by Crippen LogP contribution is -2.30. The van der Waals surface area contributed by atoms with Gasteiger partial charge in [0.25, 0.3) is 5.91 Å². The number of nitriles is 1. The summed E-state index contributed by atoms with van der Waals surface area (Å²) in [5.41, 5.74) is 2.00. The van der Waals surface area contributed by atoms with Crippen LogP contribution in [0.1, 0.15) is 5.56 Å². The van der Waals surface area contributed by atoms with Crippen molar-refractivity contribution in [3.05, 3.63) is 99.5 Å². The number of amides is 2. The zero-order valence-corrected chi connectivity index (χ0v) is 20.6. The van der Waals surface area contributed by atoms with E-state index in [-0.39, 0.29) is 11.5 Å². The minimum Gasteiger partial charge on any atom is -0.497 e. The van der Waals surface area contributed by atoms with Crippen molar-refractivity contribution in [2.45, 2.75) is 11.7 Å². The monoisotopic (exact) mass is 533 g/mol. The number of ether oxygens (including phenoxy) is 1. The third kappa shape index (κ3) is 5.16. The number of methoxy groups -OCH3 is 1. The lowest BCUT2D eigenvalue weighted by Gasteiger charge is -2.18. The molecule has 3 aromatic carbocycles. The standard InChI is InChI=1S/C26H20BrN3O3S/c1-33-21-13-11-19(12-14-21)29-24(31)22(16-28)26-30(20-5-3-2-4-6-20)25(32)23(34-26)15-17-7-9-18(27)10-8-17/h2-14,23H,15H2,1H3,(H,29,31)/b26-22-. The number of nitrogens with one attached hydrogen (secondary N) is 1. The molecule has 2 amide bonds. The minimum atomic E-state index is -0.576. The number of carbonyl (C=O) groups is 2. The van der Waals surface area contributed by atoms with E-state index in [0.717, 1.165) is 10.0 Å². The summed E-state index contributed by atoms with van der Waals surface area (Å²) in [6, 6.07) is 25.6. The normalized spacial score (nSPS) is 16.7. The number of rotatable bonds is 6. The Balaban J connectivity index is 1.68. The maximum absolute atomic E-state index is 13.5.